The zero-order valence-corrected chi connectivity index (χ0v) is 12.1. The molecule has 114 valence electrons. The van der Waals surface area contributed by atoms with Crippen LogP contribution in [-0.4, -0.2) is 77.1 Å². The molecule has 0 bridgehead atoms. The largest absolute Gasteiger partial charge is 0.391 e. The van der Waals surface area contributed by atoms with Crippen LogP contribution in [0, 0.1) is 0 Å². The average molecular weight is 284 g/mol. The van der Waals surface area contributed by atoms with Crippen LogP contribution in [0.5, 0.6) is 0 Å². The monoisotopic (exact) mass is 284 g/mol. The first-order valence-electron chi connectivity index (χ1n) is 7.08. The summed E-state index contributed by atoms with van der Waals surface area (Å²) in [5.41, 5.74) is 4.65. The van der Waals surface area contributed by atoms with Gasteiger partial charge in [-0.2, -0.15) is 0 Å². The second kappa shape index (κ2) is 5.67. The number of rotatable bonds is 3. The SMILES string of the molecule is CC(C)(C(=O)N1CC(O)CC1C(N)=O)N1CCNCC1. The lowest BCUT2D eigenvalue weighted by Crippen LogP contribution is -2.62. The molecule has 4 N–H and O–H groups in total. The summed E-state index contributed by atoms with van der Waals surface area (Å²) < 4.78 is 0. The van der Waals surface area contributed by atoms with Crippen molar-refractivity contribution in [2.75, 3.05) is 32.7 Å². The molecule has 2 unspecified atom stereocenters. The van der Waals surface area contributed by atoms with Crippen molar-refractivity contribution in [1.29, 1.82) is 0 Å². The van der Waals surface area contributed by atoms with Crippen LogP contribution >= 0.6 is 0 Å². The molecule has 2 heterocycles. The van der Waals surface area contributed by atoms with Crippen molar-refractivity contribution in [2.45, 2.75) is 38.0 Å². The molecule has 7 nitrogen and oxygen atoms in total. The van der Waals surface area contributed by atoms with E-state index in [0.29, 0.717) is 0 Å². The first kappa shape index (κ1) is 15.2. The van der Waals surface area contributed by atoms with Gasteiger partial charge in [-0.25, -0.2) is 0 Å². The van der Waals surface area contributed by atoms with Crippen molar-refractivity contribution in [3.05, 3.63) is 0 Å². The number of hydrogen-bond donors (Lipinski definition) is 3. The third kappa shape index (κ3) is 2.79. The second-order valence-corrected chi connectivity index (χ2v) is 6.06. The Kier molecular flexibility index (Phi) is 4.31. The molecule has 0 spiro atoms. The number of β-amino-alcohol motifs (C(OH)–C–C–N with tert-alkyl or cyclic N) is 1. The number of amides is 2. The number of carbonyl (C=O) groups is 2. The summed E-state index contributed by atoms with van der Waals surface area (Å²) >= 11 is 0. The fraction of sp³-hybridized carbons (Fsp3) is 0.846. The zero-order valence-electron chi connectivity index (χ0n) is 12.1. The maximum atomic E-state index is 12.8. The molecule has 0 aromatic heterocycles. The van der Waals surface area contributed by atoms with Gasteiger partial charge in [0.15, 0.2) is 0 Å². The first-order chi connectivity index (χ1) is 9.34. The van der Waals surface area contributed by atoms with Crippen LogP contribution in [0.4, 0.5) is 0 Å². The van der Waals surface area contributed by atoms with Crippen LogP contribution in [-0.2, 0) is 9.59 Å². The molecule has 2 aliphatic rings. The Hall–Kier alpha value is -1.18. The van der Waals surface area contributed by atoms with Crippen LogP contribution in [0.2, 0.25) is 0 Å². The summed E-state index contributed by atoms with van der Waals surface area (Å²) in [5.74, 6) is -0.689. The molecule has 0 aromatic carbocycles. The maximum Gasteiger partial charge on any atom is 0.243 e. The Bertz CT molecular complexity index is 393. The van der Waals surface area contributed by atoms with E-state index in [9.17, 15) is 14.7 Å². The number of primary amides is 1. The Morgan fingerprint density at radius 3 is 2.45 bits per heavy atom. The summed E-state index contributed by atoms with van der Waals surface area (Å²) in [6.07, 6.45) is -0.436. The standard InChI is InChI=1S/C13H24N4O3/c1-13(2,16-5-3-15-4-6-16)12(20)17-8-9(18)7-10(17)11(14)19/h9-10,15,18H,3-8H2,1-2H3,(H2,14,19). The lowest BCUT2D eigenvalue weighted by molar-refractivity contribution is -0.147. The van der Waals surface area contributed by atoms with Crippen LogP contribution < -0.4 is 11.1 Å². The fourth-order valence-corrected chi connectivity index (χ4v) is 3.02. The Labute approximate surface area is 119 Å². The van der Waals surface area contributed by atoms with E-state index in [1.807, 2.05) is 13.8 Å². The summed E-state index contributed by atoms with van der Waals surface area (Å²) in [6, 6.07) is -0.695. The highest BCUT2D eigenvalue weighted by molar-refractivity contribution is 5.91. The van der Waals surface area contributed by atoms with Gasteiger partial charge in [-0.05, 0) is 13.8 Å². The summed E-state index contributed by atoms with van der Waals surface area (Å²) in [7, 11) is 0. The van der Waals surface area contributed by atoms with Crippen LogP contribution in [0.15, 0.2) is 0 Å². The molecule has 2 amide bonds. The predicted octanol–water partition coefficient (Wildman–Crippen LogP) is -1.88. The minimum absolute atomic E-state index is 0.139. The molecule has 2 atom stereocenters. The zero-order chi connectivity index (χ0) is 14.9. The highest BCUT2D eigenvalue weighted by Crippen LogP contribution is 2.25. The van der Waals surface area contributed by atoms with Gasteiger partial charge in [0.2, 0.25) is 11.8 Å². The van der Waals surface area contributed by atoms with Crippen molar-refractivity contribution < 1.29 is 14.7 Å². The highest BCUT2D eigenvalue weighted by Gasteiger charge is 2.45. The van der Waals surface area contributed by atoms with Gasteiger partial charge in [0, 0.05) is 39.1 Å². The lowest BCUT2D eigenvalue weighted by atomic mass is 9.99. The van der Waals surface area contributed by atoms with E-state index in [2.05, 4.69) is 10.2 Å². The minimum Gasteiger partial charge on any atom is -0.391 e. The van der Waals surface area contributed by atoms with Crippen molar-refractivity contribution in [2.24, 2.45) is 5.73 Å². The van der Waals surface area contributed by atoms with E-state index in [0.717, 1.165) is 26.2 Å². The van der Waals surface area contributed by atoms with Gasteiger partial charge >= 0.3 is 0 Å². The van der Waals surface area contributed by atoms with Crippen LogP contribution in [0.25, 0.3) is 0 Å². The molecule has 0 aliphatic carbocycles. The third-order valence-electron chi connectivity index (χ3n) is 4.30. The van der Waals surface area contributed by atoms with Crippen molar-refractivity contribution in [1.82, 2.24) is 15.1 Å². The van der Waals surface area contributed by atoms with Gasteiger partial charge < -0.3 is 21.1 Å². The van der Waals surface area contributed by atoms with E-state index in [4.69, 9.17) is 5.73 Å². The molecule has 20 heavy (non-hydrogen) atoms. The van der Waals surface area contributed by atoms with E-state index in [-0.39, 0.29) is 18.9 Å². The highest BCUT2D eigenvalue weighted by atomic mass is 16.3. The fourth-order valence-electron chi connectivity index (χ4n) is 3.02. The molecule has 0 saturated carbocycles. The van der Waals surface area contributed by atoms with E-state index >= 15 is 0 Å². The Balaban J connectivity index is 2.14. The minimum atomic E-state index is -0.695. The summed E-state index contributed by atoms with van der Waals surface area (Å²) in [4.78, 5) is 27.8. The molecule has 2 aliphatic heterocycles. The average Bonchev–Trinajstić information content (AvgIpc) is 2.81. The smallest absolute Gasteiger partial charge is 0.243 e. The molecular weight excluding hydrogens is 260 g/mol. The molecular formula is C13H24N4O3. The number of nitrogens with one attached hydrogen (secondary N) is 1. The second-order valence-electron chi connectivity index (χ2n) is 6.06. The van der Waals surface area contributed by atoms with E-state index in [1.165, 1.54) is 4.90 Å². The summed E-state index contributed by atoms with van der Waals surface area (Å²) in [6.45, 7) is 7.18. The molecule has 0 aromatic rings. The number of nitrogens with zero attached hydrogens (tertiary/aromatic N) is 2. The van der Waals surface area contributed by atoms with Gasteiger partial charge in [-0.1, -0.05) is 0 Å². The molecule has 0 radical (unpaired) electrons. The molecule has 2 rings (SSSR count). The number of likely N-dealkylation sites (tertiary alicyclic amines) is 1. The molecule has 2 fully saturated rings. The van der Waals surface area contributed by atoms with Gasteiger partial charge in [0.25, 0.3) is 0 Å². The van der Waals surface area contributed by atoms with Gasteiger partial charge in [-0.15, -0.1) is 0 Å². The number of nitrogens with two attached hydrogens (primary N) is 1. The van der Waals surface area contributed by atoms with Gasteiger partial charge in [-0.3, -0.25) is 14.5 Å². The van der Waals surface area contributed by atoms with Crippen molar-refractivity contribution in [3.63, 3.8) is 0 Å². The normalized spacial score (nSPS) is 28.6. The van der Waals surface area contributed by atoms with Gasteiger partial charge in [0.05, 0.1) is 11.6 Å². The Morgan fingerprint density at radius 2 is 1.90 bits per heavy atom. The summed E-state index contributed by atoms with van der Waals surface area (Å²) in [5, 5.41) is 13.0. The topological polar surface area (TPSA) is 98.9 Å². The number of aliphatic hydroxyl groups excluding tert-OH is 1. The number of carbonyl (C=O) groups excluding carboxylic acids is 2. The predicted molar refractivity (Wildman–Crippen MR) is 73.8 cm³/mol. The number of hydrogen-bond acceptors (Lipinski definition) is 5. The quantitative estimate of drug-likeness (QED) is 0.563. The van der Waals surface area contributed by atoms with Crippen molar-refractivity contribution in [3.8, 4) is 0 Å². The Morgan fingerprint density at radius 1 is 1.30 bits per heavy atom. The van der Waals surface area contributed by atoms with Crippen LogP contribution in [0.1, 0.15) is 20.3 Å². The van der Waals surface area contributed by atoms with Crippen molar-refractivity contribution >= 4 is 11.8 Å². The number of piperazine rings is 1. The van der Waals surface area contributed by atoms with Gasteiger partial charge in [0.1, 0.15) is 6.04 Å². The molecule has 7 heteroatoms. The van der Waals surface area contributed by atoms with E-state index in [1.54, 1.807) is 0 Å². The maximum absolute atomic E-state index is 12.8. The molecule has 2 saturated heterocycles. The first-order valence-corrected chi connectivity index (χ1v) is 7.08. The third-order valence-corrected chi connectivity index (χ3v) is 4.30. The lowest BCUT2D eigenvalue weighted by Gasteiger charge is -2.42. The van der Waals surface area contributed by atoms with Crippen LogP contribution in [0.3, 0.4) is 0 Å². The van der Waals surface area contributed by atoms with E-state index < -0.39 is 23.6 Å². The number of aliphatic hydroxyl groups is 1.